The highest BCUT2D eigenvalue weighted by Crippen LogP contribution is 2.46. The summed E-state index contributed by atoms with van der Waals surface area (Å²) in [5.41, 5.74) is 4.57. The zero-order valence-corrected chi connectivity index (χ0v) is 83.7. The molecular weight excluding hydrogens is 2020 g/mol. The van der Waals surface area contributed by atoms with E-state index < -0.39 is 29.5 Å². The molecule has 1 saturated heterocycles. The van der Waals surface area contributed by atoms with Gasteiger partial charge in [0.2, 0.25) is 0 Å². The van der Waals surface area contributed by atoms with Crippen LogP contribution < -0.4 is 63.8 Å². The number of rotatable bonds is 12. The molecule has 17 heteroatoms. The monoisotopic (exact) mass is 2100 g/mol. The van der Waals surface area contributed by atoms with Crippen LogP contribution in [0.2, 0.25) is 0 Å². The molecule has 1 aliphatic rings. The van der Waals surface area contributed by atoms with Crippen molar-refractivity contribution in [3.05, 3.63) is 477 Å². The first-order chi connectivity index (χ1) is 63.1. The van der Waals surface area contributed by atoms with Crippen LogP contribution in [0.3, 0.4) is 0 Å². The number of fused-ring (bicyclic) bond motifs is 12. The Morgan fingerprint density at radius 1 is 0.285 bits per heavy atom. The van der Waals surface area contributed by atoms with Crippen LogP contribution in [0.15, 0.2) is 477 Å². The lowest BCUT2D eigenvalue weighted by Gasteiger charge is -2.32. The average molecular weight is 2110 g/mol. The van der Waals surface area contributed by atoms with E-state index in [1.54, 1.807) is 0 Å². The van der Waals surface area contributed by atoms with E-state index >= 15 is 0 Å². The third kappa shape index (κ3) is 20.5. The standard InChI is InChI=1S/C25H23BN2O2.2C22H16BrOP.C22H16BrP.C12H10ClP.C10H6Br2/c1-24(2)25(3,4)30-26(29-24)16-13-14-18-19(15-16)17-9-5-7-11-21(17)28-22-12-8-6-10-20(22)27-23(18)28;2*23-19-13-11-18-16-22(14-12-17(18)15-19)25(24,20-7-3-1-4-8-20)21-9-5-2-6-10-21;23-19-13-11-18-16-22(14-12-17(18)15-19)24(20-7-3-1-4-8-20)21-9-5-2-6-10-21;13-14(11-7-3-1-4-8-11)12-9-5-2-6-10-12;11-9-3-1-7-5-10(12)4-2-8(7)6-9/h5-15H,1-4H3;2*1-16H;1-16H;1-10H;1-6H. The number of nitrogens with zero attached hydrogens (tertiary/aromatic N) is 2. The Kier molecular flexibility index (Phi) is 29.0. The molecule has 0 saturated carbocycles. The van der Waals surface area contributed by atoms with Crippen molar-refractivity contribution < 1.29 is 18.4 Å². The van der Waals surface area contributed by atoms with Crippen molar-refractivity contribution in [1.29, 1.82) is 0 Å². The van der Waals surface area contributed by atoms with E-state index in [2.05, 4.69) is 367 Å². The number of hydrogen-bond acceptors (Lipinski definition) is 5. The maximum atomic E-state index is 14.3. The van der Waals surface area contributed by atoms with Gasteiger partial charge in [-0.2, -0.15) is 0 Å². The third-order valence-electron chi connectivity index (χ3n) is 23.4. The number of pyridine rings is 1. The molecule has 0 unspecified atom stereocenters. The zero-order chi connectivity index (χ0) is 89.9. The molecular formula is C113H87BBr5ClN2O4P4. The molecule has 19 aromatic carbocycles. The molecule has 638 valence electrons. The number of aromatic nitrogens is 2. The van der Waals surface area contributed by atoms with Gasteiger partial charge in [-0.1, -0.05) is 449 Å². The van der Waals surface area contributed by atoms with E-state index in [9.17, 15) is 9.13 Å². The fourth-order valence-electron chi connectivity index (χ4n) is 16.1. The van der Waals surface area contributed by atoms with E-state index in [1.807, 2.05) is 200 Å². The van der Waals surface area contributed by atoms with Crippen molar-refractivity contribution in [2.24, 2.45) is 0 Å². The van der Waals surface area contributed by atoms with E-state index in [0.717, 1.165) is 109 Å². The van der Waals surface area contributed by atoms with Crippen molar-refractivity contribution >= 4 is 273 Å². The third-order valence-corrected chi connectivity index (χ3v) is 37.1. The number of para-hydroxylation sites is 3. The Hall–Kier alpha value is -10.3. The first-order valence-electron chi connectivity index (χ1n) is 42.6. The fraction of sp³-hybridized carbons (Fsp3) is 0.0531. The summed E-state index contributed by atoms with van der Waals surface area (Å²) in [4.78, 5) is 4.97. The summed E-state index contributed by atoms with van der Waals surface area (Å²) in [7, 11) is -7.43. The second kappa shape index (κ2) is 41.2. The second-order valence-corrected chi connectivity index (χ2v) is 47.3. The number of benzene rings is 19. The zero-order valence-electron chi connectivity index (χ0n) is 71.5. The summed E-state index contributed by atoms with van der Waals surface area (Å²) >= 11 is 23.9. The first-order valence-corrected chi connectivity index (χ1v) is 53.5. The molecule has 0 aliphatic carbocycles. The molecule has 6 nitrogen and oxygen atoms in total. The van der Waals surface area contributed by atoms with Crippen LogP contribution in [-0.2, 0) is 18.4 Å². The van der Waals surface area contributed by atoms with Crippen LogP contribution >= 0.6 is 120 Å². The largest absolute Gasteiger partial charge is 0.494 e. The highest BCUT2D eigenvalue weighted by molar-refractivity contribution is 9.11. The number of halogens is 6. The SMILES string of the molecule is Brc1ccc2cc(Br)ccc2c1.Brc1ccc2cc(P(c3ccccc3)c3ccccc3)ccc2c1.CC1(C)OB(c2ccc3c(c2)c2ccccc2n2c4ccccc4nc32)OC1(C)C.ClP(c1ccccc1)c1ccccc1.O=P(c1ccccc1)(c1ccccc1)c1ccc2cc(Br)ccc2c1.O=P(c1ccccc1)(c1ccccc1)c1ccc2cc(Br)ccc2c1. The van der Waals surface area contributed by atoms with Gasteiger partial charge >= 0.3 is 7.12 Å². The van der Waals surface area contributed by atoms with Gasteiger partial charge in [0.05, 0.1) is 35.0 Å². The molecule has 0 amide bonds. The summed E-state index contributed by atoms with van der Waals surface area (Å²) in [5, 5.41) is 24.7. The normalized spacial score (nSPS) is 12.8. The van der Waals surface area contributed by atoms with Crippen molar-refractivity contribution in [2.75, 3.05) is 0 Å². The Morgan fingerprint density at radius 3 is 0.977 bits per heavy atom. The first kappa shape index (κ1) is 91.6. The van der Waals surface area contributed by atoms with Crippen molar-refractivity contribution in [1.82, 2.24) is 9.38 Å². The highest BCUT2D eigenvalue weighted by Gasteiger charge is 2.52. The highest BCUT2D eigenvalue weighted by atomic mass is 79.9. The van der Waals surface area contributed by atoms with Crippen molar-refractivity contribution in [2.45, 2.75) is 38.9 Å². The summed E-state index contributed by atoms with van der Waals surface area (Å²) in [6.07, 6.45) is 0. The maximum absolute atomic E-state index is 14.3. The predicted octanol–water partition coefficient (Wildman–Crippen LogP) is 28.6. The molecule has 3 heterocycles. The smallest absolute Gasteiger partial charge is 0.399 e. The quantitative estimate of drug-likeness (QED) is 0.0692. The van der Waals surface area contributed by atoms with E-state index in [4.69, 9.17) is 25.5 Å². The van der Waals surface area contributed by atoms with Gasteiger partial charge in [-0.3, -0.25) is 4.40 Å². The minimum Gasteiger partial charge on any atom is -0.399 e. The minimum absolute atomic E-state index is 0.362. The van der Waals surface area contributed by atoms with Crippen LogP contribution in [0.25, 0.3) is 81.4 Å². The Balaban J connectivity index is 0.000000112. The topological polar surface area (TPSA) is 69.9 Å². The summed E-state index contributed by atoms with van der Waals surface area (Å²) in [5.74, 6) is 0. The summed E-state index contributed by atoms with van der Waals surface area (Å²) < 4.78 is 49.0. The molecule has 0 spiro atoms. The van der Waals surface area contributed by atoms with E-state index in [0.29, 0.717) is 0 Å². The molecule has 22 rings (SSSR count). The van der Waals surface area contributed by atoms with Crippen molar-refractivity contribution in [3.8, 4) is 0 Å². The van der Waals surface area contributed by atoms with Crippen molar-refractivity contribution in [3.63, 3.8) is 0 Å². The number of imidazole rings is 1. The molecule has 0 radical (unpaired) electrons. The fourth-order valence-corrected chi connectivity index (χ4v) is 27.5. The molecule has 2 aromatic heterocycles. The van der Waals surface area contributed by atoms with Gasteiger partial charge in [0.25, 0.3) is 0 Å². The maximum Gasteiger partial charge on any atom is 0.494 e. The van der Waals surface area contributed by atoms with Gasteiger partial charge in [0.15, 0.2) is 14.3 Å². The Morgan fingerprint density at radius 2 is 0.592 bits per heavy atom. The lowest BCUT2D eigenvalue weighted by molar-refractivity contribution is 0.00578. The van der Waals surface area contributed by atoms with E-state index in [-0.39, 0.29) is 18.3 Å². The van der Waals surface area contributed by atoms with Crippen LogP contribution in [0.4, 0.5) is 0 Å². The average Bonchev–Trinajstić information content (AvgIpc) is 1.56. The van der Waals surface area contributed by atoms with Gasteiger partial charge in [-0.15, -0.1) is 0 Å². The second-order valence-electron chi connectivity index (χ2n) is 32.4. The molecule has 130 heavy (non-hydrogen) atoms. The molecule has 0 N–H and O–H groups in total. The molecule has 1 aliphatic heterocycles. The summed E-state index contributed by atoms with van der Waals surface area (Å²) in [6, 6.07) is 155. The Bertz CT molecular complexity index is 7280. The predicted molar refractivity (Wildman–Crippen MR) is 580 cm³/mol. The minimum atomic E-state index is -2.90. The Labute approximate surface area is 809 Å². The summed E-state index contributed by atoms with van der Waals surface area (Å²) in [6.45, 7) is 8.35. The van der Waals surface area contributed by atoms with Crippen LogP contribution in [-0.4, -0.2) is 27.7 Å². The lowest BCUT2D eigenvalue weighted by Crippen LogP contribution is -2.41. The van der Waals surface area contributed by atoms with E-state index in [1.165, 1.54) is 58.8 Å². The van der Waals surface area contributed by atoms with Gasteiger partial charge in [0, 0.05) is 65.0 Å². The van der Waals surface area contributed by atoms with Gasteiger partial charge in [0.1, 0.15) is 5.65 Å². The molecule has 0 atom stereocenters. The number of hydrogen-bond donors (Lipinski definition) is 0. The molecule has 21 aromatic rings. The van der Waals surface area contributed by atoms with Gasteiger partial charge in [-0.25, -0.2) is 4.98 Å². The molecule has 1 fully saturated rings. The van der Waals surface area contributed by atoms with Crippen LogP contribution in [0.5, 0.6) is 0 Å². The lowest BCUT2D eigenvalue weighted by atomic mass is 9.78. The van der Waals surface area contributed by atoms with Crippen LogP contribution in [0, 0.1) is 0 Å². The van der Waals surface area contributed by atoms with Gasteiger partial charge < -0.3 is 18.4 Å². The van der Waals surface area contributed by atoms with Gasteiger partial charge in [-0.05, 0) is 213 Å². The molecule has 0 bridgehead atoms. The van der Waals surface area contributed by atoms with Crippen LogP contribution in [0.1, 0.15) is 27.7 Å².